The Morgan fingerprint density at radius 2 is 1.72 bits per heavy atom. The zero-order valence-corrected chi connectivity index (χ0v) is 11.3. The van der Waals surface area contributed by atoms with Crippen molar-refractivity contribution in [3.8, 4) is 5.75 Å². The quantitative estimate of drug-likeness (QED) is 0.787. The lowest BCUT2D eigenvalue weighted by atomic mass is 10.1. The average Bonchev–Trinajstić information content (AvgIpc) is 2.32. The molecule has 0 radical (unpaired) electrons. The maximum Gasteiger partial charge on any atom is 0.115 e. The second kappa shape index (κ2) is 5.51. The highest BCUT2D eigenvalue weighted by atomic mass is 35.5. The standard InChI is InChI=1S/C14H13Cl2NO/c1-9(13-7-2-10(15)8-14(13)16)17-11-3-5-12(18)6-4-11/h2-9,17-18H,1H3. The summed E-state index contributed by atoms with van der Waals surface area (Å²) in [6.45, 7) is 2.02. The molecule has 0 bridgehead atoms. The molecule has 0 aliphatic heterocycles. The van der Waals surface area contributed by atoms with Crippen LogP contribution in [0.3, 0.4) is 0 Å². The van der Waals surface area contributed by atoms with Crippen LogP contribution in [0.1, 0.15) is 18.5 Å². The molecule has 1 atom stereocenters. The third-order valence-corrected chi connectivity index (χ3v) is 3.24. The number of aromatic hydroxyl groups is 1. The predicted molar refractivity (Wildman–Crippen MR) is 76.6 cm³/mol. The second-order valence-electron chi connectivity index (χ2n) is 4.08. The van der Waals surface area contributed by atoms with Gasteiger partial charge in [-0.1, -0.05) is 29.3 Å². The summed E-state index contributed by atoms with van der Waals surface area (Å²) < 4.78 is 0. The van der Waals surface area contributed by atoms with Crippen LogP contribution in [0.25, 0.3) is 0 Å². The van der Waals surface area contributed by atoms with Crippen LogP contribution >= 0.6 is 23.2 Å². The van der Waals surface area contributed by atoms with E-state index in [0.29, 0.717) is 10.0 Å². The molecule has 94 valence electrons. The lowest BCUT2D eigenvalue weighted by Gasteiger charge is -2.17. The van der Waals surface area contributed by atoms with Gasteiger partial charge in [0.05, 0.1) is 0 Å². The number of halogens is 2. The van der Waals surface area contributed by atoms with Crippen molar-refractivity contribution in [2.75, 3.05) is 5.32 Å². The number of hydrogen-bond donors (Lipinski definition) is 2. The first-order chi connectivity index (χ1) is 8.56. The summed E-state index contributed by atoms with van der Waals surface area (Å²) in [6, 6.07) is 12.4. The van der Waals surface area contributed by atoms with Crippen molar-refractivity contribution in [2.24, 2.45) is 0 Å². The first-order valence-electron chi connectivity index (χ1n) is 5.57. The van der Waals surface area contributed by atoms with Gasteiger partial charge < -0.3 is 10.4 Å². The highest BCUT2D eigenvalue weighted by Crippen LogP contribution is 2.28. The third kappa shape index (κ3) is 3.09. The minimum atomic E-state index is 0.0549. The van der Waals surface area contributed by atoms with Crippen molar-refractivity contribution >= 4 is 28.9 Å². The normalized spacial score (nSPS) is 12.2. The third-order valence-electron chi connectivity index (χ3n) is 2.68. The molecule has 0 saturated heterocycles. The van der Waals surface area contributed by atoms with E-state index in [1.54, 1.807) is 18.2 Å². The second-order valence-corrected chi connectivity index (χ2v) is 4.92. The number of anilines is 1. The Morgan fingerprint density at radius 1 is 1.06 bits per heavy atom. The van der Waals surface area contributed by atoms with Gasteiger partial charge in [0.2, 0.25) is 0 Å². The number of hydrogen-bond acceptors (Lipinski definition) is 2. The van der Waals surface area contributed by atoms with E-state index < -0.39 is 0 Å². The van der Waals surface area contributed by atoms with Gasteiger partial charge in [-0.15, -0.1) is 0 Å². The Balaban J connectivity index is 2.16. The average molecular weight is 282 g/mol. The molecule has 0 aromatic heterocycles. The van der Waals surface area contributed by atoms with Gasteiger partial charge in [-0.05, 0) is 48.9 Å². The molecule has 0 aliphatic rings. The zero-order chi connectivity index (χ0) is 13.1. The lowest BCUT2D eigenvalue weighted by molar-refractivity contribution is 0.475. The summed E-state index contributed by atoms with van der Waals surface area (Å²) in [4.78, 5) is 0. The van der Waals surface area contributed by atoms with Crippen molar-refractivity contribution in [2.45, 2.75) is 13.0 Å². The van der Waals surface area contributed by atoms with Gasteiger partial charge >= 0.3 is 0 Å². The monoisotopic (exact) mass is 281 g/mol. The van der Waals surface area contributed by atoms with Crippen LogP contribution < -0.4 is 5.32 Å². The molecule has 0 amide bonds. The summed E-state index contributed by atoms with van der Waals surface area (Å²) in [5, 5.41) is 13.8. The maximum atomic E-state index is 9.22. The molecule has 2 aromatic carbocycles. The molecule has 4 heteroatoms. The first kappa shape index (κ1) is 13.1. The molecule has 2 rings (SSSR count). The number of phenolic OH excluding ortho intramolecular Hbond substituents is 1. The predicted octanol–water partition coefficient (Wildman–Crippen LogP) is 4.87. The smallest absolute Gasteiger partial charge is 0.115 e. The first-order valence-corrected chi connectivity index (χ1v) is 6.32. The molecule has 0 aliphatic carbocycles. The highest BCUT2D eigenvalue weighted by molar-refractivity contribution is 6.35. The molecule has 0 spiro atoms. The largest absolute Gasteiger partial charge is 0.508 e. The molecule has 0 saturated carbocycles. The van der Waals surface area contributed by atoms with Crippen molar-refractivity contribution in [3.63, 3.8) is 0 Å². The fourth-order valence-corrected chi connectivity index (χ4v) is 2.31. The van der Waals surface area contributed by atoms with E-state index in [4.69, 9.17) is 23.2 Å². The highest BCUT2D eigenvalue weighted by Gasteiger charge is 2.09. The van der Waals surface area contributed by atoms with E-state index in [9.17, 15) is 5.11 Å². The summed E-state index contributed by atoms with van der Waals surface area (Å²) in [6.07, 6.45) is 0. The van der Waals surface area contributed by atoms with Gasteiger partial charge in [-0.25, -0.2) is 0 Å². The van der Waals surface area contributed by atoms with Crippen LogP contribution in [0.2, 0.25) is 10.0 Å². The number of nitrogens with one attached hydrogen (secondary N) is 1. The van der Waals surface area contributed by atoms with E-state index in [-0.39, 0.29) is 11.8 Å². The molecule has 0 heterocycles. The van der Waals surface area contributed by atoms with Crippen LogP contribution in [0.15, 0.2) is 42.5 Å². The van der Waals surface area contributed by atoms with E-state index in [2.05, 4.69) is 5.32 Å². The van der Waals surface area contributed by atoms with Gasteiger partial charge in [-0.2, -0.15) is 0 Å². The van der Waals surface area contributed by atoms with Gasteiger partial charge in [0, 0.05) is 21.8 Å². The van der Waals surface area contributed by atoms with E-state index in [1.807, 2.05) is 31.2 Å². The van der Waals surface area contributed by atoms with Crippen LogP contribution in [0, 0.1) is 0 Å². The lowest BCUT2D eigenvalue weighted by Crippen LogP contribution is -2.06. The van der Waals surface area contributed by atoms with Crippen LogP contribution in [0.4, 0.5) is 5.69 Å². The van der Waals surface area contributed by atoms with Gasteiger partial charge in [-0.3, -0.25) is 0 Å². The Bertz CT molecular complexity index is 540. The van der Waals surface area contributed by atoms with E-state index in [0.717, 1.165) is 11.3 Å². The van der Waals surface area contributed by atoms with Crippen LogP contribution in [-0.4, -0.2) is 5.11 Å². The molecule has 1 unspecified atom stereocenters. The van der Waals surface area contributed by atoms with Crippen molar-refractivity contribution in [1.82, 2.24) is 0 Å². The minimum absolute atomic E-state index is 0.0549. The Morgan fingerprint density at radius 3 is 2.33 bits per heavy atom. The summed E-state index contributed by atoms with van der Waals surface area (Å²) in [5.41, 5.74) is 1.90. The van der Waals surface area contributed by atoms with Crippen LogP contribution in [0.5, 0.6) is 5.75 Å². The fourth-order valence-electron chi connectivity index (χ4n) is 1.74. The molecule has 18 heavy (non-hydrogen) atoms. The van der Waals surface area contributed by atoms with E-state index in [1.165, 1.54) is 0 Å². The van der Waals surface area contributed by atoms with Gasteiger partial charge in [0.1, 0.15) is 5.75 Å². The Labute approximate surface area is 116 Å². The number of benzene rings is 2. The summed E-state index contributed by atoms with van der Waals surface area (Å²) in [5.74, 6) is 0.248. The van der Waals surface area contributed by atoms with Gasteiger partial charge in [0.25, 0.3) is 0 Å². The van der Waals surface area contributed by atoms with E-state index >= 15 is 0 Å². The summed E-state index contributed by atoms with van der Waals surface area (Å²) in [7, 11) is 0. The molecular formula is C14H13Cl2NO. The topological polar surface area (TPSA) is 32.3 Å². The van der Waals surface area contributed by atoms with Crippen molar-refractivity contribution < 1.29 is 5.11 Å². The maximum absolute atomic E-state index is 9.22. The molecule has 2 nitrogen and oxygen atoms in total. The number of phenols is 1. The zero-order valence-electron chi connectivity index (χ0n) is 9.82. The van der Waals surface area contributed by atoms with Crippen molar-refractivity contribution in [3.05, 3.63) is 58.1 Å². The molecule has 2 N–H and O–H groups in total. The van der Waals surface area contributed by atoms with Gasteiger partial charge in [0.15, 0.2) is 0 Å². The molecule has 0 fully saturated rings. The van der Waals surface area contributed by atoms with Crippen molar-refractivity contribution in [1.29, 1.82) is 0 Å². The molecule has 2 aromatic rings. The summed E-state index contributed by atoms with van der Waals surface area (Å²) >= 11 is 12.0. The van der Waals surface area contributed by atoms with Crippen LogP contribution in [-0.2, 0) is 0 Å². The Hall–Kier alpha value is -1.38. The Kier molecular flexibility index (Phi) is 4.00. The minimum Gasteiger partial charge on any atom is -0.508 e. The number of rotatable bonds is 3. The SMILES string of the molecule is CC(Nc1ccc(O)cc1)c1ccc(Cl)cc1Cl. The molecular weight excluding hydrogens is 269 g/mol. The fraction of sp³-hybridized carbons (Fsp3) is 0.143.